The van der Waals surface area contributed by atoms with E-state index in [9.17, 15) is 28.8 Å². The van der Waals surface area contributed by atoms with Gasteiger partial charge in [0.15, 0.2) is 0 Å². The lowest BCUT2D eigenvalue weighted by molar-refractivity contribution is -0.139. The highest BCUT2D eigenvalue weighted by Gasteiger charge is 2.34. The number of hydrogen-bond acceptors (Lipinski definition) is 12. The van der Waals surface area contributed by atoms with E-state index in [1.807, 2.05) is 6.08 Å². The number of unbranched alkanes of at least 4 members (excludes halogenated alkanes) is 2. The molecule has 12 heteroatoms. The van der Waals surface area contributed by atoms with Gasteiger partial charge in [-0.3, -0.25) is 0 Å². The summed E-state index contributed by atoms with van der Waals surface area (Å²) in [4.78, 5) is 75.1. The Hall–Kier alpha value is -4.48. The first-order valence-electron chi connectivity index (χ1n) is 12.7. The Morgan fingerprint density at radius 3 is 1.61 bits per heavy atom. The molecule has 1 aromatic carbocycles. The normalized spacial score (nSPS) is 12.6. The van der Waals surface area contributed by atoms with Crippen LogP contribution < -0.4 is 0 Å². The summed E-state index contributed by atoms with van der Waals surface area (Å²) in [5.41, 5.74) is 0.453. The van der Waals surface area contributed by atoms with Gasteiger partial charge in [-0.15, -0.1) is 0 Å². The minimum atomic E-state index is -1.03. The number of allylic oxidation sites excluding steroid dienone is 2. The molecule has 0 spiro atoms. The number of benzene rings is 1. The number of hydrogen-bond donors (Lipinski definition) is 0. The number of carbonyl (C=O) groups is 6. The molecule has 0 aromatic heterocycles. The third kappa shape index (κ3) is 7.59. The molecular formula is C29H34O12. The third-order valence-electron chi connectivity index (χ3n) is 6.65. The Kier molecular flexibility index (Phi) is 12.2. The maximum absolute atomic E-state index is 12.8. The van der Waals surface area contributed by atoms with Gasteiger partial charge in [-0.2, -0.15) is 0 Å². The molecule has 0 aliphatic heterocycles. The Labute approximate surface area is 237 Å². The first-order chi connectivity index (χ1) is 19.6. The van der Waals surface area contributed by atoms with Crippen molar-refractivity contribution in [2.45, 2.75) is 44.9 Å². The molecule has 1 aromatic rings. The molecule has 41 heavy (non-hydrogen) atoms. The molecule has 1 aliphatic rings. The molecule has 0 amide bonds. The van der Waals surface area contributed by atoms with Crippen LogP contribution in [0.2, 0.25) is 0 Å². The Morgan fingerprint density at radius 2 is 1.05 bits per heavy atom. The standard InChI is InChI=1S/C29H34O12/c1-36-24(30)18-13-12-16(14-19(18)25(31)37-2)10-8-7-9-11-17-15-20(26(32)38-3)22(28(34)40-5)23(29(35)41-6)21(17)27(33)39-4/h12,15H,7-11,13-14H2,1-6H3. The zero-order valence-electron chi connectivity index (χ0n) is 24.0. The SMILES string of the molecule is COC(=O)C1=C(C(=O)OC)CC(CCCCCc2cc(C(=O)OC)c(C(=O)OC)c(C(=O)OC)c2C(=O)OC)=CC1. The predicted octanol–water partition coefficient (Wildman–Crippen LogP) is 3.30. The van der Waals surface area contributed by atoms with E-state index in [0.717, 1.165) is 34.0 Å². The quantitative estimate of drug-likeness (QED) is 0.155. The summed E-state index contributed by atoms with van der Waals surface area (Å²) in [7, 11) is 6.88. The van der Waals surface area contributed by atoms with Crippen LogP contribution in [-0.4, -0.2) is 78.5 Å². The van der Waals surface area contributed by atoms with Crippen molar-refractivity contribution >= 4 is 35.8 Å². The summed E-state index contributed by atoms with van der Waals surface area (Å²) in [5.74, 6) is -5.00. The molecule has 0 saturated carbocycles. The maximum Gasteiger partial charge on any atom is 0.339 e. The van der Waals surface area contributed by atoms with Gasteiger partial charge in [0.25, 0.3) is 0 Å². The van der Waals surface area contributed by atoms with Crippen LogP contribution in [0.4, 0.5) is 0 Å². The maximum atomic E-state index is 12.8. The van der Waals surface area contributed by atoms with Crippen LogP contribution in [0.3, 0.4) is 0 Å². The molecule has 0 fully saturated rings. The highest BCUT2D eigenvalue weighted by molar-refractivity contribution is 6.15. The van der Waals surface area contributed by atoms with Gasteiger partial charge in [0.1, 0.15) is 0 Å². The topological polar surface area (TPSA) is 158 Å². The number of methoxy groups -OCH3 is 6. The van der Waals surface area contributed by atoms with E-state index in [1.54, 1.807) is 0 Å². The second kappa shape index (κ2) is 15.3. The monoisotopic (exact) mass is 574 g/mol. The van der Waals surface area contributed by atoms with Crippen molar-refractivity contribution in [3.05, 3.63) is 56.7 Å². The van der Waals surface area contributed by atoms with E-state index in [2.05, 4.69) is 0 Å². The fraction of sp³-hybridized carbons (Fsp3) is 0.448. The Morgan fingerprint density at radius 1 is 0.561 bits per heavy atom. The summed E-state index contributed by atoms with van der Waals surface area (Å²) in [6.07, 6.45) is 5.21. The molecule has 0 N–H and O–H groups in total. The smallest absolute Gasteiger partial charge is 0.339 e. The molecule has 0 radical (unpaired) electrons. The average molecular weight is 575 g/mol. The van der Waals surface area contributed by atoms with Crippen LogP contribution >= 0.6 is 0 Å². The van der Waals surface area contributed by atoms with Gasteiger partial charge >= 0.3 is 35.8 Å². The lowest BCUT2D eigenvalue weighted by Gasteiger charge is -2.19. The Bertz CT molecular complexity index is 1280. The molecule has 12 nitrogen and oxygen atoms in total. The molecule has 0 saturated heterocycles. The number of carbonyl (C=O) groups excluding carboxylic acids is 6. The van der Waals surface area contributed by atoms with Gasteiger partial charge in [-0.1, -0.05) is 18.1 Å². The van der Waals surface area contributed by atoms with Gasteiger partial charge in [0, 0.05) is 6.42 Å². The zero-order chi connectivity index (χ0) is 30.7. The van der Waals surface area contributed by atoms with Crippen LogP contribution in [0.25, 0.3) is 0 Å². The van der Waals surface area contributed by atoms with Gasteiger partial charge in [-0.05, 0) is 43.7 Å². The lowest BCUT2D eigenvalue weighted by atomic mass is 9.87. The van der Waals surface area contributed by atoms with Crippen molar-refractivity contribution in [2.75, 3.05) is 42.7 Å². The molecule has 0 atom stereocenters. The third-order valence-corrected chi connectivity index (χ3v) is 6.65. The minimum Gasteiger partial charge on any atom is -0.466 e. The van der Waals surface area contributed by atoms with Gasteiger partial charge in [0.2, 0.25) is 0 Å². The largest absolute Gasteiger partial charge is 0.466 e. The summed E-state index contributed by atoms with van der Waals surface area (Å²) < 4.78 is 28.9. The highest BCUT2D eigenvalue weighted by Crippen LogP contribution is 2.31. The first-order valence-corrected chi connectivity index (χ1v) is 12.7. The van der Waals surface area contributed by atoms with E-state index >= 15 is 0 Å². The van der Waals surface area contributed by atoms with Gasteiger partial charge < -0.3 is 28.4 Å². The molecule has 2 rings (SSSR count). The van der Waals surface area contributed by atoms with Crippen molar-refractivity contribution in [1.82, 2.24) is 0 Å². The first kappa shape index (κ1) is 32.7. The number of aryl methyl sites for hydroxylation is 1. The van der Waals surface area contributed by atoms with Crippen LogP contribution in [0.1, 0.15) is 85.5 Å². The minimum absolute atomic E-state index is 0.203. The fourth-order valence-corrected chi connectivity index (χ4v) is 4.62. The van der Waals surface area contributed by atoms with Crippen LogP contribution in [0.5, 0.6) is 0 Å². The molecule has 0 heterocycles. The summed E-state index contributed by atoms with van der Waals surface area (Å²) in [6.45, 7) is 0. The highest BCUT2D eigenvalue weighted by atomic mass is 16.5. The van der Waals surface area contributed by atoms with E-state index in [4.69, 9.17) is 28.4 Å². The Balaban J connectivity index is 2.29. The molecular weight excluding hydrogens is 540 g/mol. The summed E-state index contributed by atoms with van der Waals surface area (Å²) in [5, 5.41) is 0. The van der Waals surface area contributed by atoms with Crippen LogP contribution in [-0.2, 0) is 44.4 Å². The number of esters is 6. The van der Waals surface area contributed by atoms with Crippen molar-refractivity contribution < 1.29 is 57.2 Å². The number of ether oxygens (including phenoxy) is 6. The van der Waals surface area contributed by atoms with Crippen molar-refractivity contribution in [2.24, 2.45) is 0 Å². The van der Waals surface area contributed by atoms with Crippen molar-refractivity contribution in [1.29, 1.82) is 0 Å². The summed E-state index contributed by atoms with van der Waals surface area (Å²) in [6, 6.07) is 1.32. The summed E-state index contributed by atoms with van der Waals surface area (Å²) >= 11 is 0. The second-order valence-electron chi connectivity index (χ2n) is 8.92. The lowest BCUT2D eigenvalue weighted by Crippen LogP contribution is -2.24. The van der Waals surface area contributed by atoms with Crippen molar-refractivity contribution in [3.63, 3.8) is 0 Å². The average Bonchev–Trinajstić information content (AvgIpc) is 3.01. The molecule has 222 valence electrons. The van der Waals surface area contributed by atoms with E-state index < -0.39 is 46.9 Å². The van der Waals surface area contributed by atoms with E-state index in [1.165, 1.54) is 20.3 Å². The van der Waals surface area contributed by atoms with E-state index in [0.29, 0.717) is 31.2 Å². The van der Waals surface area contributed by atoms with E-state index in [-0.39, 0.29) is 41.5 Å². The van der Waals surface area contributed by atoms with Crippen LogP contribution in [0.15, 0.2) is 28.9 Å². The van der Waals surface area contributed by atoms with Gasteiger partial charge in [-0.25, -0.2) is 28.8 Å². The fourth-order valence-electron chi connectivity index (χ4n) is 4.62. The predicted molar refractivity (Wildman–Crippen MR) is 142 cm³/mol. The molecule has 0 bridgehead atoms. The van der Waals surface area contributed by atoms with Gasteiger partial charge in [0.05, 0.1) is 76.1 Å². The molecule has 1 aliphatic carbocycles. The second-order valence-corrected chi connectivity index (χ2v) is 8.92. The van der Waals surface area contributed by atoms with Crippen molar-refractivity contribution in [3.8, 4) is 0 Å². The zero-order valence-corrected chi connectivity index (χ0v) is 24.0. The molecule has 0 unspecified atom stereocenters. The van der Waals surface area contributed by atoms with Crippen LogP contribution in [0, 0.1) is 0 Å². The number of rotatable bonds is 12.